The van der Waals surface area contributed by atoms with Crippen molar-refractivity contribution in [1.82, 2.24) is 0 Å². The van der Waals surface area contributed by atoms with Gasteiger partial charge in [0.05, 0.1) is 10.1 Å². The van der Waals surface area contributed by atoms with Gasteiger partial charge in [0.1, 0.15) is 27.3 Å². The highest BCUT2D eigenvalue weighted by Gasteiger charge is 2.22. The Morgan fingerprint density at radius 3 is 2.76 bits per heavy atom. The number of pyridine rings is 1. The molecule has 0 aliphatic heterocycles. The van der Waals surface area contributed by atoms with Crippen molar-refractivity contribution in [2.75, 3.05) is 5.32 Å². The topological polar surface area (TPSA) is 89.1 Å². The molecule has 0 saturated carbocycles. The monoisotopic (exact) mass is 325 g/mol. The number of nitriles is 1. The van der Waals surface area contributed by atoms with Gasteiger partial charge in [-0.25, -0.2) is 4.79 Å². The van der Waals surface area contributed by atoms with E-state index < -0.39 is 11.7 Å². The van der Waals surface area contributed by atoms with Crippen LogP contribution in [-0.2, 0) is 4.74 Å². The minimum Gasteiger partial charge on any atom is -0.619 e. The Hall–Kier alpha value is -2.04. The number of hydrogen-bond acceptors (Lipinski definition) is 5. The molecule has 6 nitrogen and oxygen atoms in total. The highest BCUT2D eigenvalue weighted by Crippen LogP contribution is 2.38. The standard InChI is InChI=1S/C13H12ClN3O3S/c1-13(2,3)20-12(18)16-11-7(4-15)8-5-17(19)6-9(14)10(8)21-11/h5-6H,1-3H3,(H,16,18). The van der Waals surface area contributed by atoms with Crippen LogP contribution in [0.25, 0.3) is 10.1 Å². The Morgan fingerprint density at radius 1 is 1.52 bits per heavy atom. The normalized spacial score (nSPS) is 11.2. The van der Waals surface area contributed by atoms with E-state index in [9.17, 15) is 15.3 Å². The van der Waals surface area contributed by atoms with Crippen LogP contribution in [0.1, 0.15) is 26.3 Å². The van der Waals surface area contributed by atoms with E-state index >= 15 is 0 Å². The molecule has 8 heteroatoms. The zero-order valence-electron chi connectivity index (χ0n) is 11.6. The van der Waals surface area contributed by atoms with Gasteiger partial charge in [0, 0.05) is 0 Å². The lowest BCUT2D eigenvalue weighted by Crippen LogP contribution is -2.27. The second-order valence-electron chi connectivity index (χ2n) is 5.25. The molecule has 21 heavy (non-hydrogen) atoms. The highest BCUT2D eigenvalue weighted by molar-refractivity contribution is 7.23. The Kier molecular flexibility index (Phi) is 3.94. The van der Waals surface area contributed by atoms with Gasteiger partial charge in [0.2, 0.25) is 0 Å². The molecule has 2 aromatic heterocycles. The summed E-state index contributed by atoms with van der Waals surface area (Å²) in [5.74, 6) is 0. The molecule has 0 saturated heterocycles. The zero-order valence-corrected chi connectivity index (χ0v) is 13.1. The van der Waals surface area contributed by atoms with Crippen LogP contribution in [0.5, 0.6) is 0 Å². The number of anilines is 1. The Bertz CT molecular complexity index is 759. The van der Waals surface area contributed by atoms with E-state index in [1.165, 1.54) is 12.4 Å². The van der Waals surface area contributed by atoms with E-state index in [1.54, 1.807) is 20.8 Å². The van der Waals surface area contributed by atoms with E-state index in [1.807, 2.05) is 6.07 Å². The SMILES string of the molecule is CC(C)(C)OC(=O)Nc1sc2c(Cl)c[n+]([O-])cc2c1C#N. The second kappa shape index (κ2) is 5.39. The number of halogens is 1. The van der Waals surface area contributed by atoms with E-state index in [4.69, 9.17) is 16.3 Å². The molecule has 0 bridgehead atoms. The van der Waals surface area contributed by atoms with E-state index in [0.29, 0.717) is 19.8 Å². The first-order valence-electron chi connectivity index (χ1n) is 5.96. The van der Waals surface area contributed by atoms with Crippen LogP contribution >= 0.6 is 22.9 Å². The summed E-state index contributed by atoms with van der Waals surface area (Å²) < 4.78 is 6.22. The fraction of sp³-hybridized carbons (Fsp3) is 0.308. The van der Waals surface area contributed by atoms with Gasteiger partial charge in [-0.3, -0.25) is 5.32 Å². The summed E-state index contributed by atoms with van der Waals surface area (Å²) in [7, 11) is 0. The number of carbonyl (C=O) groups is 1. The van der Waals surface area contributed by atoms with Crippen molar-refractivity contribution >= 4 is 44.1 Å². The number of thiophene rings is 1. The Balaban J connectivity index is 2.44. The average Bonchev–Trinajstić information content (AvgIpc) is 2.64. The van der Waals surface area contributed by atoms with E-state index in [0.717, 1.165) is 11.3 Å². The summed E-state index contributed by atoms with van der Waals surface area (Å²) in [5, 5.41) is 24.1. The summed E-state index contributed by atoms with van der Waals surface area (Å²) in [6.45, 7) is 5.21. The van der Waals surface area contributed by atoms with Crippen LogP contribution < -0.4 is 10.0 Å². The van der Waals surface area contributed by atoms with Crippen molar-refractivity contribution in [3.63, 3.8) is 0 Å². The van der Waals surface area contributed by atoms with Crippen LogP contribution in [0.15, 0.2) is 12.4 Å². The number of rotatable bonds is 1. The van der Waals surface area contributed by atoms with Gasteiger partial charge in [0.15, 0.2) is 12.4 Å². The molecule has 1 N–H and O–H groups in total. The molecule has 0 radical (unpaired) electrons. The maximum Gasteiger partial charge on any atom is 0.412 e. The van der Waals surface area contributed by atoms with Crippen molar-refractivity contribution in [1.29, 1.82) is 5.26 Å². The van der Waals surface area contributed by atoms with Crippen LogP contribution in [0.2, 0.25) is 5.02 Å². The summed E-state index contributed by atoms with van der Waals surface area (Å²) >= 11 is 7.10. The number of fused-ring (bicyclic) bond motifs is 1. The summed E-state index contributed by atoms with van der Waals surface area (Å²) in [6.07, 6.45) is 1.77. The van der Waals surface area contributed by atoms with Crippen LogP contribution in [0, 0.1) is 16.5 Å². The number of nitrogens with zero attached hydrogens (tertiary/aromatic N) is 2. The molecule has 0 aliphatic carbocycles. The van der Waals surface area contributed by atoms with Crippen molar-refractivity contribution in [3.05, 3.63) is 28.2 Å². The third-order valence-electron chi connectivity index (χ3n) is 2.39. The molecule has 2 aromatic rings. The predicted molar refractivity (Wildman–Crippen MR) is 80.4 cm³/mol. The third-order valence-corrected chi connectivity index (χ3v) is 3.94. The van der Waals surface area contributed by atoms with Crippen LogP contribution in [0.3, 0.4) is 0 Å². The first-order valence-corrected chi connectivity index (χ1v) is 7.15. The molecule has 110 valence electrons. The van der Waals surface area contributed by atoms with Crippen molar-refractivity contribution in [2.45, 2.75) is 26.4 Å². The number of amides is 1. The molecular weight excluding hydrogens is 314 g/mol. The average molecular weight is 326 g/mol. The van der Waals surface area contributed by atoms with Crippen LogP contribution in [-0.4, -0.2) is 11.7 Å². The van der Waals surface area contributed by atoms with Gasteiger partial charge in [-0.2, -0.15) is 9.99 Å². The minimum absolute atomic E-state index is 0.188. The van der Waals surface area contributed by atoms with Crippen molar-refractivity contribution < 1.29 is 14.3 Å². The molecule has 0 atom stereocenters. The van der Waals surface area contributed by atoms with Gasteiger partial charge in [-0.05, 0) is 20.8 Å². The fourth-order valence-corrected chi connectivity index (χ4v) is 3.00. The van der Waals surface area contributed by atoms with Crippen molar-refractivity contribution in [3.8, 4) is 6.07 Å². The number of carbonyl (C=O) groups excluding carboxylic acids is 1. The molecule has 1 amide bonds. The maximum atomic E-state index is 11.8. The summed E-state index contributed by atoms with van der Waals surface area (Å²) in [4.78, 5) is 11.8. The molecule has 0 spiro atoms. The van der Waals surface area contributed by atoms with Gasteiger partial charge in [-0.15, -0.1) is 11.3 Å². The van der Waals surface area contributed by atoms with Gasteiger partial charge < -0.3 is 9.94 Å². The van der Waals surface area contributed by atoms with Crippen LogP contribution in [0.4, 0.5) is 9.80 Å². The van der Waals surface area contributed by atoms with E-state index in [-0.39, 0.29) is 10.6 Å². The third kappa shape index (κ3) is 3.35. The van der Waals surface area contributed by atoms with Crippen molar-refractivity contribution in [2.24, 2.45) is 0 Å². The smallest absolute Gasteiger partial charge is 0.412 e. The molecular formula is C13H12ClN3O3S. The predicted octanol–water partition coefficient (Wildman–Crippen LogP) is 3.41. The lowest BCUT2D eigenvalue weighted by Gasteiger charge is -2.19. The van der Waals surface area contributed by atoms with E-state index in [2.05, 4.69) is 5.32 Å². The highest BCUT2D eigenvalue weighted by atomic mass is 35.5. The first kappa shape index (κ1) is 15.4. The van der Waals surface area contributed by atoms with Gasteiger partial charge in [0.25, 0.3) is 0 Å². The first-order chi connectivity index (χ1) is 9.71. The number of hydrogen-bond donors (Lipinski definition) is 1. The quantitative estimate of drug-likeness (QED) is 0.642. The molecule has 0 fully saturated rings. The molecule has 2 rings (SSSR count). The van der Waals surface area contributed by atoms with Gasteiger partial charge in [-0.1, -0.05) is 11.6 Å². The minimum atomic E-state index is -0.670. The lowest BCUT2D eigenvalue weighted by molar-refractivity contribution is -0.603. The Labute approximate surface area is 130 Å². The number of aromatic nitrogens is 1. The molecule has 2 heterocycles. The lowest BCUT2D eigenvalue weighted by atomic mass is 10.2. The molecule has 0 unspecified atom stereocenters. The Morgan fingerprint density at radius 2 is 2.19 bits per heavy atom. The molecule has 0 aliphatic rings. The summed E-state index contributed by atoms with van der Waals surface area (Å²) in [6, 6.07) is 1.97. The molecule has 0 aromatic carbocycles. The fourth-order valence-electron chi connectivity index (χ4n) is 1.67. The number of ether oxygens (including phenoxy) is 1. The second-order valence-corrected chi connectivity index (χ2v) is 6.68. The largest absolute Gasteiger partial charge is 0.619 e. The zero-order chi connectivity index (χ0) is 15.8. The van der Waals surface area contributed by atoms with Gasteiger partial charge >= 0.3 is 6.09 Å². The maximum absolute atomic E-state index is 11.8. The summed E-state index contributed by atoms with van der Waals surface area (Å²) in [5.41, 5.74) is -0.462. The number of nitrogens with one attached hydrogen (secondary N) is 1.